The van der Waals surface area contributed by atoms with E-state index in [9.17, 15) is 4.39 Å². The first-order valence-corrected chi connectivity index (χ1v) is 9.60. The van der Waals surface area contributed by atoms with Crippen LogP contribution in [0, 0.1) is 5.82 Å². The van der Waals surface area contributed by atoms with E-state index in [1.165, 1.54) is 12.1 Å². The predicted octanol–water partition coefficient (Wildman–Crippen LogP) is 5.75. The Hall–Kier alpha value is -2.56. The number of nitrogens with one attached hydrogen (secondary N) is 1. The molecule has 0 heterocycles. The first kappa shape index (κ1) is 20.2. The second kappa shape index (κ2) is 10.1. The summed E-state index contributed by atoms with van der Waals surface area (Å²) >= 11 is 6.02. The predicted molar refractivity (Wildman–Crippen MR) is 110 cm³/mol. The molecular weight excluding hydrogens is 377 g/mol. The third-order valence-corrected chi connectivity index (χ3v) is 4.40. The summed E-state index contributed by atoms with van der Waals surface area (Å²) in [6, 6.07) is 20.0. The van der Waals surface area contributed by atoms with Gasteiger partial charge < -0.3 is 14.8 Å². The third kappa shape index (κ3) is 5.98. The normalized spacial score (nSPS) is 10.7. The fourth-order valence-corrected chi connectivity index (χ4v) is 3.00. The minimum absolute atomic E-state index is 0.224. The largest absolute Gasteiger partial charge is 0.490 e. The molecule has 0 amide bonds. The average molecular weight is 400 g/mol. The van der Waals surface area contributed by atoms with E-state index in [1.807, 2.05) is 49.4 Å². The molecule has 3 rings (SSSR count). The van der Waals surface area contributed by atoms with Gasteiger partial charge in [-0.2, -0.15) is 0 Å². The highest BCUT2D eigenvalue weighted by atomic mass is 35.5. The molecule has 3 aromatic rings. The Morgan fingerprint density at radius 2 is 1.57 bits per heavy atom. The molecule has 0 radical (unpaired) electrons. The average Bonchev–Trinajstić information content (AvgIpc) is 2.69. The van der Waals surface area contributed by atoms with Gasteiger partial charge in [0, 0.05) is 18.1 Å². The van der Waals surface area contributed by atoms with E-state index in [0.717, 1.165) is 16.7 Å². The van der Waals surface area contributed by atoms with Crippen LogP contribution in [-0.2, 0) is 19.7 Å². The van der Waals surface area contributed by atoms with Gasteiger partial charge in [0.2, 0.25) is 0 Å². The number of ether oxygens (including phenoxy) is 2. The van der Waals surface area contributed by atoms with E-state index in [0.29, 0.717) is 42.8 Å². The number of hydrogen-bond donors (Lipinski definition) is 1. The minimum atomic E-state index is -0.224. The lowest BCUT2D eigenvalue weighted by Crippen LogP contribution is -2.13. The van der Waals surface area contributed by atoms with Crippen molar-refractivity contribution in [2.75, 3.05) is 6.61 Å². The Kier molecular flexibility index (Phi) is 7.29. The van der Waals surface area contributed by atoms with Crippen LogP contribution in [0.15, 0.2) is 66.7 Å². The Bertz CT molecular complexity index is 899. The van der Waals surface area contributed by atoms with Gasteiger partial charge in [0.05, 0.1) is 6.61 Å². The second-order valence-corrected chi connectivity index (χ2v) is 6.80. The molecule has 0 saturated heterocycles. The van der Waals surface area contributed by atoms with Crippen LogP contribution in [-0.4, -0.2) is 6.61 Å². The summed E-state index contributed by atoms with van der Waals surface area (Å²) in [6.45, 7) is 4.26. The summed E-state index contributed by atoms with van der Waals surface area (Å²) in [7, 11) is 0. The Morgan fingerprint density at radius 1 is 0.821 bits per heavy atom. The van der Waals surface area contributed by atoms with Crippen LogP contribution in [0.1, 0.15) is 23.6 Å². The second-order valence-electron chi connectivity index (χ2n) is 6.36. The van der Waals surface area contributed by atoms with Crippen molar-refractivity contribution < 1.29 is 13.9 Å². The standard InChI is InChI=1S/C23H23ClFNO2/c1-2-27-23-13-18(15-26-14-17-6-9-21(25)10-7-17)8-11-22(23)28-16-19-4-3-5-20(24)12-19/h3-13,26H,2,14-16H2,1H3. The number of hydrogen-bond acceptors (Lipinski definition) is 3. The van der Waals surface area contributed by atoms with Gasteiger partial charge >= 0.3 is 0 Å². The van der Waals surface area contributed by atoms with Crippen molar-refractivity contribution >= 4 is 11.6 Å². The summed E-state index contributed by atoms with van der Waals surface area (Å²) in [6.07, 6.45) is 0. The molecule has 28 heavy (non-hydrogen) atoms. The minimum Gasteiger partial charge on any atom is -0.490 e. The van der Waals surface area contributed by atoms with E-state index >= 15 is 0 Å². The summed E-state index contributed by atoms with van der Waals surface area (Å²) in [4.78, 5) is 0. The molecule has 5 heteroatoms. The molecular formula is C23H23ClFNO2. The summed E-state index contributed by atoms with van der Waals surface area (Å²) in [5, 5.41) is 4.05. The topological polar surface area (TPSA) is 30.5 Å². The molecule has 0 fully saturated rings. The first-order valence-electron chi connectivity index (χ1n) is 9.22. The highest BCUT2D eigenvalue weighted by Crippen LogP contribution is 2.29. The molecule has 0 aliphatic heterocycles. The molecule has 0 saturated carbocycles. The molecule has 1 N–H and O–H groups in total. The Morgan fingerprint density at radius 3 is 2.32 bits per heavy atom. The third-order valence-electron chi connectivity index (χ3n) is 4.16. The molecule has 146 valence electrons. The first-order chi connectivity index (χ1) is 13.6. The fraction of sp³-hybridized carbons (Fsp3) is 0.217. The van der Waals surface area contributed by atoms with Crippen molar-refractivity contribution in [2.24, 2.45) is 0 Å². The van der Waals surface area contributed by atoms with Crippen LogP contribution in [0.4, 0.5) is 4.39 Å². The maximum Gasteiger partial charge on any atom is 0.161 e. The lowest BCUT2D eigenvalue weighted by atomic mass is 10.1. The van der Waals surface area contributed by atoms with Crippen molar-refractivity contribution in [3.05, 3.63) is 94.3 Å². The summed E-state index contributed by atoms with van der Waals surface area (Å²) in [5.74, 6) is 1.19. The highest BCUT2D eigenvalue weighted by Gasteiger charge is 2.07. The van der Waals surface area contributed by atoms with Crippen LogP contribution in [0.2, 0.25) is 5.02 Å². The highest BCUT2D eigenvalue weighted by molar-refractivity contribution is 6.30. The molecule has 0 aliphatic rings. The number of rotatable bonds is 9. The van der Waals surface area contributed by atoms with Crippen molar-refractivity contribution in [3.8, 4) is 11.5 Å². The Balaban J connectivity index is 1.60. The molecule has 0 aromatic heterocycles. The number of benzene rings is 3. The maximum atomic E-state index is 13.0. The zero-order chi connectivity index (χ0) is 19.8. The van der Waals surface area contributed by atoms with Gasteiger partial charge in [-0.15, -0.1) is 0 Å². The zero-order valence-electron chi connectivity index (χ0n) is 15.8. The molecule has 3 aromatic carbocycles. The van der Waals surface area contributed by atoms with Crippen LogP contribution >= 0.6 is 11.6 Å². The fourth-order valence-electron chi connectivity index (χ4n) is 2.79. The van der Waals surface area contributed by atoms with E-state index in [2.05, 4.69) is 5.32 Å². The van der Waals surface area contributed by atoms with E-state index in [4.69, 9.17) is 21.1 Å². The van der Waals surface area contributed by atoms with Crippen molar-refractivity contribution in [2.45, 2.75) is 26.6 Å². The lowest BCUT2D eigenvalue weighted by molar-refractivity contribution is 0.269. The molecule has 0 atom stereocenters. The van der Waals surface area contributed by atoms with E-state index in [1.54, 1.807) is 12.1 Å². The summed E-state index contributed by atoms with van der Waals surface area (Å²) < 4.78 is 24.6. The van der Waals surface area contributed by atoms with Gasteiger partial charge in [-0.3, -0.25) is 0 Å². The van der Waals surface area contributed by atoms with Gasteiger partial charge in [-0.05, 0) is 60.0 Å². The zero-order valence-corrected chi connectivity index (χ0v) is 16.5. The molecule has 0 spiro atoms. The summed E-state index contributed by atoms with van der Waals surface area (Å²) in [5.41, 5.74) is 3.12. The van der Waals surface area contributed by atoms with Gasteiger partial charge in [0.1, 0.15) is 12.4 Å². The van der Waals surface area contributed by atoms with Crippen LogP contribution in [0.3, 0.4) is 0 Å². The van der Waals surface area contributed by atoms with Crippen LogP contribution < -0.4 is 14.8 Å². The van der Waals surface area contributed by atoms with Gasteiger partial charge in [-0.1, -0.05) is 41.9 Å². The van der Waals surface area contributed by atoms with Gasteiger partial charge in [0.25, 0.3) is 0 Å². The molecule has 0 unspecified atom stereocenters. The van der Waals surface area contributed by atoms with Gasteiger partial charge in [-0.25, -0.2) is 4.39 Å². The quantitative estimate of drug-likeness (QED) is 0.497. The van der Waals surface area contributed by atoms with E-state index < -0.39 is 0 Å². The van der Waals surface area contributed by atoms with Crippen molar-refractivity contribution in [3.63, 3.8) is 0 Å². The smallest absolute Gasteiger partial charge is 0.161 e. The number of halogens is 2. The Labute approximate surface area is 170 Å². The molecule has 0 bridgehead atoms. The SMILES string of the molecule is CCOc1cc(CNCc2ccc(F)cc2)ccc1OCc1cccc(Cl)c1. The lowest BCUT2D eigenvalue weighted by Gasteiger charge is -2.14. The monoisotopic (exact) mass is 399 g/mol. The van der Waals surface area contributed by atoms with Crippen LogP contribution in [0.5, 0.6) is 11.5 Å². The van der Waals surface area contributed by atoms with Crippen molar-refractivity contribution in [1.29, 1.82) is 0 Å². The molecule has 3 nitrogen and oxygen atoms in total. The van der Waals surface area contributed by atoms with Crippen molar-refractivity contribution in [1.82, 2.24) is 5.32 Å². The van der Waals surface area contributed by atoms with E-state index in [-0.39, 0.29) is 5.82 Å². The molecule has 0 aliphatic carbocycles. The maximum absolute atomic E-state index is 13.0. The van der Waals surface area contributed by atoms with Gasteiger partial charge in [0.15, 0.2) is 11.5 Å². The van der Waals surface area contributed by atoms with Crippen LogP contribution in [0.25, 0.3) is 0 Å².